The first kappa shape index (κ1) is 14.0. The fourth-order valence-corrected chi connectivity index (χ4v) is 2.19. The topological polar surface area (TPSA) is 53.5 Å². The number of hydrogen-bond donors (Lipinski definition) is 1. The summed E-state index contributed by atoms with van der Waals surface area (Å²) >= 11 is 0. The first-order valence-corrected chi connectivity index (χ1v) is 6.85. The lowest BCUT2D eigenvalue weighted by molar-refractivity contribution is 0.210. The van der Waals surface area contributed by atoms with E-state index in [2.05, 4.69) is 32.0 Å². The van der Waals surface area contributed by atoms with Crippen LogP contribution in [0, 0.1) is 0 Å². The minimum absolute atomic E-state index is 0.675. The number of ether oxygens (including phenoxy) is 1. The van der Waals surface area contributed by atoms with E-state index >= 15 is 0 Å². The third-order valence-electron chi connectivity index (χ3n) is 3.41. The van der Waals surface area contributed by atoms with E-state index in [0.717, 1.165) is 50.9 Å². The Morgan fingerprint density at radius 2 is 2.05 bits per heavy atom. The summed E-state index contributed by atoms with van der Waals surface area (Å²) in [4.78, 5) is 13.4. The largest absolute Gasteiger partial charge is 0.383 e. The van der Waals surface area contributed by atoms with Crippen molar-refractivity contribution < 1.29 is 4.74 Å². The second-order valence-electron chi connectivity index (χ2n) is 4.60. The zero-order valence-electron chi connectivity index (χ0n) is 11.8. The fourth-order valence-electron chi connectivity index (χ4n) is 2.19. The van der Waals surface area contributed by atoms with Crippen molar-refractivity contribution >= 4 is 11.6 Å². The quantitative estimate of drug-likeness (QED) is 0.763. The molecule has 0 bridgehead atoms. The molecule has 1 aromatic rings. The second-order valence-corrected chi connectivity index (χ2v) is 4.60. The number of nitrogens with one attached hydrogen (secondary N) is 1. The SMILES string of the molecule is CCN1CCN(c2cc(NCCOC)ncn2)CC1. The van der Waals surface area contributed by atoms with Crippen LogP contribution in [-0.4, -0.2) is 67.9 Å². The molecule has 6 nitrogen and oxygen atoms in total. The van der Waals surface area contributed by atoms with Gasteiger partial charge in [-0.1, -0.05) is 6.92 Å². The molecule has 0 saturated carbocycles. The summed E-state index contributed by atoms with van der Waals surface area (Å²) in [6, 6.07) is 2.01. The molecule has 2 rings (SSSR count). The Kier molecular flexibility index (Phi) is 5.35. The molecule has 1 N–H and O–H groups in total. The summed E-state index contributed by atoms with van der Waals surface area (Å²) in [5.41, 5.74) is 0. The summed E-state index contributed by atoms with van der Waals surface area (Å²) < 4.78 is 5.01. The van der Waals surface area contributed by atoms with Crippen molar-refractivity contribution in [3.63, 3.8) is 0 Å². The van der Waals surface area contributed by atoms with Crippen molar-refractivity contribution in [2.75, 3.05) is 63.2 Å². The van der Waals surface area contributed by atoms with Gasteiger partial charge in [-0.05, 0) is 6.54 Å². The predicted octanol–water partition coefficient (Wildman–Crippen LogP) is 0.677. The molecule has 0 aliphatic carbocycles. The Hall–Kier alpha value is -1.40. The highest BCUT2D eigenvalue weighted by Crippen LogP contribution is 2.15. The van der Waals surface area contributed by atoms with E-state index < -0.39 is 0 Å². The molecular formula is C13H23N5O. The van der Waals surface area contributed by atoms with Gasteiger partial charge in [-0.3, -0.25) is 0 Å². The van der Waals surface area contributed by atoms with Crippen LogP contribution >= 0.6 is 0 Å². The number of anilines is 2. The van der Waals surface area contributed by atoms with Crippen LogP contribution in [0.3, 0.4) is 0 Å². The Labute approximate surface area is 114 Å². The van der Waals surface area contributed by atoms with Crippen LogP contribution in [0.1, 0.15) is 6.92 Å². The van der Waals surface area contributed by atoms with Gasteiger partial charge in [-0.25, -0.2) is 9.97 Å². The van der Waals surface area contributed by atoms with Crippen LogP contribution in [-0.2, 0) is 4.74 Å². The number of likely N-dealkylation sites (N-methyl/N-ethyl adjacent to an activating group) is 1. The Morgan fingerprint density at radius 3 is 2.74 bits per heavy atom. The van der Waals surface area contributed by atoms with Gasteiger partial charge in [0.05, 0.1) is 6.61 Å². The van der Waals surface area contributed by atoms with Gasteiger partial charge in [-0.2, -0.15) is 0 Å². The first-order chi connectivity index (χ1) is 9.33. The van der Waals surface area contributed by atoms with Crippen molar-refractivity contribution in [1.82, 2.24) is 14.9 Å². The Bertz CT molecular complexity index is 379. The average Bonchev–Trinajstić information content (AvgIpc) is 2.48. The number of nitrogens with zero attached hydrogens (tertiary/aromatic N) is 4. The van der Waals surface area contributed by atoms with Crippen LogP contribution in [0.2, 0.25) is 0 Å². The van der Waals surface area contributed by atoms with E-state index in [1.165, 1.54) is 0 Å². The molecule has 0 radical (unpaired) electrons. The van der Waals surface area contributed by atoms with E-state index in [9.17, 15) is 0 Å². The van der Waals surface area contributed by atoms with E-state index in [-0.39, 0.29) is 0 Å². The van der Waals surface area contributed by atoms with E-state index in [0.29, 0.717) is 6.61 Å². The summed E-state index contributed by atoms with van der Waals surface area (Å²) in [7, 11) is 1.69. The van der Waals surface area contributed by atoms with Crippen LogP contribution in [0.4, 0.5) is 11.6 Å². The molecule has 106 valence electrons. The molecular weight excluding hydrogens is 242 g/mol. The molecule has 0 spiro atoms. The molecule has 0 unspecified atom stereocenters. The second kappa shape index (κ2) is 7.25. The monoisotopic (exact) mass is 265 g/mol. The molecule has 0 aromatic carbocycles. The molecule has 19 heavy (non-hydrogen) atoms. The van der Waals surface area contributed by atoms with Crippen molar-refractivity contribution in [3.05, 3.63) is 12.4 Å². The minimum atomic E-state index is 0.675. The molecule has 0 atom stereocenters. The maximum Gasteiger partial charge on any atom is 0.134 e. The zero-order chi connectivity index (χ0) is 13.5. The summed E-state index contributed by atoms with van der Waals surface area (Å²) in [6.45, 7) is 9.04. The van der Waals surface area contributed by atoms with Crippen LogP contribution < -0.4 is 10.2 Å². The van der Waals surface area contributed by atoms with Crippen LogP contribution in [0.15, 0.2) is 12.4 Å². The average molecular weight is 265 g/mol. The van der Waals surface area contributed by atoms with Crippen LogP contribution in [0.25, 0.3) is 0 Å². The van der Waals surface area contributed by atoms with Gasteiger partial charge in [0.1, 0.15) is 18.0 Å². The molecule has 2 heterocycles. The van der Waals surface area contributed by atoms with Crippen molar-refractivity contribution in [3.8, 4) is 0 Å². The van der Waals surface area contributed by atoms with Crippen molar-refractivity contribution in [2.24, 2.45) is 0 Å². The first-order valence-electron chi connectivity index (χ1n) is 6.85. The highest BCUT2D eigenvalue weighted by molar-refractivity contribution is 5.48. The Balaban J connectivity index is 1.91. The Morgan fingerprint density at radius 1 is 1.26 bits per heavy atom. The number of piperazine rings is 1. The minimum Gasteiger partial charge on any atom is -0.383 e. The van der Waals surface area contributed by atoms with Crippen molar-refractivity contribution in [2.45, 2.75) is 6.92 Å². The third-order valence-corrected chi connectivity index (χ3v) is 3.41. The third kappa shape index (κ3) is 4.04. The standard InChI is InChI=1S/C13H23N5O/c1-3-17-5-7-18(8-6-17)13-10-12(15-11-16-13)14-4-9-19-2/h10-11H,3-9H2,1-2H3,(H,14,15,16). The maximum absolute atomic E-state index is 5.01. The van der Waals surface area contributed by atoms with Gasteiger partial charge in [-0.15, -0.1) is 0 Å². The molecule has 6 heteroatoms. The van der Waals surface area contributed by atoms with Gasteiger partial charge < -0.3 is 19.9 Å². The number of rotatable bonds is 6. The lowest BCUT2D eigenvalue weighted by Gasteiger charge is -2.34. The molecule has 1 aliphatic rings. The van der Waals surface area contributed by atoms with Gasteiger partial charge in [0.2, 0.25) is 0 Å². The molecule has 1 saturated heterocycles. The highest BCUT2D eigenvalue weighted by Gasteiger charge is 2.16. The maximum atomic E-state index is 5.01. The van der Waals surface area contributed by atoms with E-state index in [1.807, 2.05) is 6.07 Å². The fraction of sp³-hybridized carbons (Fsp3) is 0.692. The zero-order valence-corrected chi connectivity index (χ0v) is 11.8. The van der Waals surface area contributed by atoms with E-state index in [1.54, 1.807) is 13.4 Å². The summed E-state index contributed by atoms with van der Waals surface area (Å²) in [5, 5.41) is 3.23. The summed E-state index contributed by atoms with van der Waals surface area (Å²) in [6.07, 6.45) is 1.62. The van der Waals surface area contributed by atoms with Crippen LogP contribution in [0.5, 0.6) is 0 Å². The van der Waals surface area contributed by atoms with E-state index in [4.69, 9.17) is 4.74 Å². The number of aromatic nitrogens is 2. The molecule has 1 aromatic heterocycles. The smallest absolute Gasteiger partial charge is 0.134 e. The lowest BCUT2D eigenvalue weighted by atomic mass is 10.3. The lowest BCUT2D eigenvalue weighted by Crippen LogP contribution is -2.46. The van der Waals surface area contributed by atoms with Gasteiger partial charge in [0.25, 0.3) is 0 Å². The normalized spacial score (nSPS) is 16.6. The highest BCUT2D eigenvalue weighted by atomic mass is 16.5. The predicted molar refractivity (Wildman–Crippen MR) is 76.7 cm³/mol. The number of methoxy groups -OCH3 is 1. The summed E-state index contributed by atoms with van der Waals surface area (Å²) in [5.74, 6) is 1.87. The van der Waals surface area contributed by atoms with Crippen molar-refractivity contribution in [1.29, 1.82) is 0 Å². The van der Waals surface area contributed by atoms with Gasteiger partial charge in [0.15, 0.2) is 0 Å². The molecule has 0 amide bonds. The van der Waals surface area contributed by atoms with Gasteiger partial charge in [0, 0.05) is 45.9 Å². The molecule has 1 fully saturated rings. The molecule has 1 aliphatic heterocycles. The van der Waals surface area contributed by atoms with Gasteiger partial charge >= 0.3 is 0 Å². The number of hydrogen-bond acceptors (Lipinski definition) is 6.